The van der Waals surface area contributed by atoms with Crippen molar-refractivity contribution in [1.29, 1.82) is 0 Å². The number of aryl methyl sites for hydroxylation is 1. The van der Waals surface area contributed by atoms with Crippen LogP contribution < -0.4 is 4.90 Å². The molecule has 3 aliphatic heterocycles. The van der Waals surface area contributed by atoms with E-state index in [0.29, 0.717) is 18.5 Å². The summed E-state index contributed by atoms with van der Waals surface area (Å²) in [5, 5.41) is 9.63. The number of carbonyl (C=O) groups excluding carboxylic acids is 1. The van der Waals surface area contributed by atoms with Gasteiger partial charge in [0.25, 0.3) is 0 Å². The lowest BCUT2D eigenvalue weighted by atomic mass is 9.73. The van der Waals surface area contributed by atoms with Crippen LogP contribution in [0.3, 0.4) is 0 Å². The second-order valence-corrected chi connectivity index (χ2v) is 10.4. The van der Waals surface area contributed by atoms with Crippen LogP contribution in [0.15, 0.2) is 30.6 Å². The summed E-state index contributed by atoms with van der Waals surface area (Å²) in [7, 11) is 1.96. The standard InChI is InChI=1S/C26H34N6O2/c1-18(33)30-11-7-24-23(16-30)25(28-32(24)22-8-12-34-17-22)31-10-4-5-21-13-19(6-9-26(21,31)2)20-14-27-29(3)15-20/h6,9,13-15,21-22H,4-5,7-8,10-12,16-17H2,1-3H3. The van der Waals surface area contributed by atoms with Gasteiger partial charge in [-0.2, -0.15) is 10.2 Å². The molecule has 0 saturated carbocycles. The van der Waals surface area contributed by atoms with E-state index >= 15 is 0 Å². The van der Waals surface area contributed by atoms with Gasteiger partial charge >= 0.3 is 0 Å². The molecule has 3 unspecified atom stereocenters. The fourth-order valence-corrected chi connectivity index (χ4v) is 6.23. The summed E-state index contributed by atoms with van der Waals surface area (Å²) in [6.45, 7) is 7.91. The Hall–Kier alpha value is -2.87. The van der Waals surface area contributed by atoms with Crippen LogP contribution in [0, 0.1) is 5.92 Å². The number of nitrogens with zero attached hydrogens (tertiary/aromatic N) is 6. The van der Waals surface area contributed by atoms with Crippen molar-refractivity contribution in [3.63, 3.8) is 0 Å². The SMILES string of the molecule is CC(=O)N1CCc2c(c(N3CCCC4C=C(c5cnn(C)c5)C=CC43C)nn2C2CCOC2)C1. The molecule has 2 aromatic rings. The first kappa shape index (κ1) is 21.6. The van der Waals surface area contributed by atoms with Crippen LogP contribution in [0.4, 0.5) is 5.82 Å². The molecule has 5 heterocycles. The van der Waals surface area contributed by atoms with Crippen LogP contribution in [0.2, 0.25) is 0 Å². The number of rotatable bonds is 3. The van der Waals surface area contributed by atoms with Crippen LogP contribution in [0.25, 0.3) is 5.57 Å². The lowest BCUT2D eigenvalue weighted by Crippen LogP contribution is -2.55. The van der Waals surface area contributed by atoms with Crippen molar-refractivity contribution in [2.45, 2.75) is 57.7 Å². The van der Waals surface area contributed by atoms with Gasteiger partial charge in [0.2, 0.25) is 5.91 Å². The average Bonchev–Trinajstić information content (AvgIpc) is 3.57. The maximum atomic E-state index is 12.3. The second kappa shape index (κ2) is 8.12. The average molecular weight is 463 g/mol. The highest BCUT2D eigenvalue weighted by Crippen LogP contribution is 2.45. The molecule has 180 valence electrons. The fraction of sp³-hybridized carbons (Fsp3) is 0.577. The Morgan fingerprint density at radius 1 is 1.26 bits per heavy atom. The molecule has 8 nitrogen and oxygen atoms in total. The van der Waals surface area contributed by atoms with Crippen molar-refractivity contribution < 1.29 is 9.53 Å². The molecule has 4 aliphatic rings. The van der Waals surface area contributed by atoms with Crippen LogP contribution in [0.5, 0.6) is 0 Å². The molecule has 1 amide bonds. The number of ether oxygens (including phenoxy) is 1. The van der Waals surface area contributed by atoms with E-state index in [1.165, 1.54) is 16.8 Å². The third-order valence-corrected chi connectivity index (χ3v) is 8.27. The molecule has 2 fully saturated rings. The van der Waals surface area contributed by atoms with E-state index in [2.05, 4.69) is 46.0 Å². The Morgan fingerprint density at radius 2 is 2.15 bits per heavy atom. The number of hydrogen-bond acceptors (Lipinski definition) is 5. The number of aromatic nitrogens is 4. The van der Waals surface area contributed by atoms with E-state index in [0.717, 1.165) is 63.4 Å². The number of amides is 1. The largest absolute Gasteiger partial charge is 0.379 e. The molecule has 0 aromatic carbocycles. The number of allylic oxidation sites excluding steroid dienone is 2. The molecule has 8 heteroatoms. The first-order valence-electron chi connectivity index (χ1n) is 12.6. The van der Waals surface area contributed by atoms with Gasteiger partial charge in [-0.15, -0.1) is 0 Å². The summed E-state index contributed by atoms with van der Waals surface area (Å²) < 4.78 is 9.81. The smallest absolute Gasteiger partial charge is 0.219 e. The molecule has 0 spiro atoms. The van der Waals surface area contributed by atoms with Crippen molar-refractivity contribution >= 4 is 17.3 Å². The molecule has 1 aliphatic carbocycles. The van der Waals surface area contributed by atoms with Crippen molar-refractivity contribution in [2.75, 3.05) is 31.2 Å². The van der Waals surface area contributed by atoms with Gasteiger partial charge in [-0.3, -0.25) is 14.2 Å². The topological polar surface area (TPSA) is 68.4 Å². The fourth-order valence-electron chi connectivity index (χ4n) is 6.23. The van der Waals surface area contributed by atoms with Crippen molar-refractivity contribution in [3.8, 4) is 0 Å². The molecule has 6 rings (SSSR count). The number of anilines is 1. The van der Waals surface area contributed by atoms with Gasteiger partial charge < -0.3 is 14.5 Å². The maximum absolute atomic E-state index is 12.3. The minimum Gasteiger partial charge on any atom is -0.379 e. The van der Waals surface area contributed by atoms with Gasteiger partial charge in [0.05, 0.1) is 30.9 Å². The highest BCUT2D eigenvalue weighted by atomic mass is 16.5. The minimum absolute atomic E-state index is 0.137. The molecule has 2 aromatic heterocycles. The predicted octanol–water partition coefficient (Wildman–Crippen LogP) is 3.11. The Labute approximate surface area is 200 Å². The summed E-state index contributed by atoms with van der Waals surface area (Å²) in [4.78, 5) is 16.7. The normalized spacial score (nSPS) is 28.6. The Morgan fingerprint density at radius 3 is 2.88 bits per heavy atom. The highest BCUT2D eigenvalue weighted by molar-refractivity contribution is 5.77. The minimum atomic E-state index is -0.151. The van der Waals surface area contributed by atoms with E-state index in [9.17, 15) is 4.79 Å². The number of hydrogen-bond donors (Lipinski definition) is 0. The molecule has 0 radical (unpaired) electrons. The monoisotopic (exact) mass is 462 g/mol. The summed E-state index contributed by atoms with van der Waals surface area (Å²) in [6.07, 6.45) is 15.2. The maximum Gasteiger partial charge on any atom is 0.219 e. The molecular weight excluding hydrogens is 428 g/mol. The van der Waals surface area contributed by atoms with Crippen molar-refractivity contribution in [2.24, 2.45) is 13.0 Å². The van der Waals surface area contributed by atoms with Gasteiger partial charge in [0, 0.05) is 69.0 Å². The second-order valence-electron chi connectivity index (χ2n) is 10.4. The van der Waals surface area contributed by atoms with Crippen LogP contribution in [-0.4, -0.2) is 62.2 Å². The summed E-state index contributed by atoms with van der Waals surface area (Å²) in [5.41, 5.74) is 4.78. The van der Waals surface area contributed by atoms with E-state index in [-0.39, 0.29) is 11.4 Å². The van der Waals surface area contributed by atoms with Crippen LogP contribution in [0.1, 0.15) is 56.0 Å². The number of piperidine rings is 1. The van der Waals surface area contributed by atoms with E-state index in [1.54, 1.807) is 6.92 Å². The van der Waals surface area contributed by atoms with Gasteiger partial charge in [-0.1, -0.05) is 18.2 Å². The molecular formula is C26H34N6O2. The molecule has 3 atom stereocenters. The summed E-state index contributed by atoms with van der Waals surface area (Å²) in [5.74, 6) is 1.59. The third kappa shape index (κ3) is 3.42. The molecule has 0 N–H and O–H groups in total. The summed E-state index contributed by atoms with van der Waals surface area (Å²) >= 11 is 0. The summed E-state index contributed by atoms with van der Waals surface area (Å²) in [6, 6.07) is 0.291. The van der Waals surface area contributed by atoms with E-state index < -0.39 is 0 Å². The zero-order chi connectivity index (χ0) is 23.4. The third-order valence-electron chi connectivity index (χ3n) is 8.27. The van der Waals surface area contributed by atoms with Gasteiger partial charge in [-0.25, -0.2) is 0 Å². The first-order chi connectivity index (χ1) is 16.4. The zero-order valence-corrected chi connectivity index (χ0v) is 20.4. The quantitative estimate of drug-likeness (QED) is 0.701. The molecule has 0 bridgehead atoms. The lowest BCUT2D eigenvalue weighted by molar-refractivity contribution is -0.129. The van der Waals surface area contributed by atoms with Crippen molar-refractivity contribution in [3.05, 3.63) is 47.4 Å². The van der Waals surface area contributed by atoms with E-state index in [4.69, 9.17) is 9.84 Å². The van der Waals surface area contributed by atoms with Gasteiger partial charge in [0.15, 0.2) is 5.82 Å². The highest BCUT2D eigenvalue weighted by Gasteiger charge is 2.44. The lowest BCUT2D eigenvalue weighted by Gasteiger charge is -2.50. The Balaban J connectivity index is 1.39. The molecule has 34 heavy (non-hydrogen) atoms. The zero-order valence-electron chi connectivity index (χ0n) is 20.4. The number of fused-ring (bicyclic) bond motifs is 2. The van der Waals surface area contributed by atoms with Crippen molar-refractivity contribution in [1.82, 2.24) is 24.5 Å². The Kier molecular flexibility index (Phi) is 5.17. The van der Waals surface area contributed by atoms with Crippen LogP contribution in [-0.2, 0) is 29.5 Å². The first-order valence-corrected chi connectivity index (χ1v) is 12.6. The predicted molar refractivity (Wildman–Crippen MR) is 130 cm³/mol. The number of carbonyl (C=O) groups is 1. The van der Waals surface area contributed by atoms with Crippen LogP contribution >= 0.6 is 0 Å². The molecule has 2 saturated heterocycles. The van der Waals surface area contributed by atoms with Gasteiger partial charge in [0.1, 0.15) is 0 Å². The van der Waals surface area contributed by atoms with Gasteiger partial charge in [-0.05, 0) is 31.8 Å². The Bertz CT molecular complexity index is 1170. The van der Waals surface area contributed by atoms with E-state index in [1.807, 2.05) is 22.8 Å².